The second-order valence-electron chi connectivity index (χ2n) is 7.46. The minimum absolute atomic E-state index is 0.0816. The third kappa shape index (κ3) is 6.07. The number of rotatable bonds is 9. The Hall–Kier alpha value is -1.87. The second-order valence-corrected chi connectivity index (χ2v) is 10.3. The summed E-state index contributed by atoms with van der Waals surface area (Å²) in [6.45, 7) is 6.90. The largest absolute Gasteiger partial charge is 0.325 e. The van der Waals surface area contributed by atoms with E-state index in [1.807, 2.05) is 25.1 Å². The van der Waals surface area contributed by atoms with Crippen molar-refractivity contribution in [3.8, 4) is 0 Å². The summed E-state index contributed by atoms with van der Waals surface area (Å²) in [5, 5.41) is 2.84. The van der Waals surface area contributed by atoms with E-state index in [-0.39, 0.29) is 16.7 Å². The molecule has 0 aliphatic carbocycles. The standard InChI is InChI=1S/C22H29N3O3S2/c1-3-25(15-18-8-5-4-6-9-18)13-7-12-23-30(27,28)19-10-11-21-20(14-19)24-22(26)17(2)16-29-21/h4-6,8-11,14,17,23H,3,7,12-13,15-16H2,1-2H3,(H,24,26)/t17-/m0/s1. The molecule has 8 heteroatoms. The van der Waals surface area contributed by atoms with Crippen LogP contribution >= 0.6 is 11.8 Å². The number of hydrogen-bond acceptors (Lipinski definition) is 5. The third-order valence-electron chi connectivity index (χ3n) is 5.10. The molecule has 0 radical (unpaired) electrons. The van der Waals surface area contributed by atoms with Gasteiger partial charge in [0.25, 0.3) is 0 Å². The van der Waals surface area contributed by atoms with E-state index in [1.165, 1.54) is 5.56 Å². The quantitative estimate of drug-likeness (QED) is 0.575. The maximum atomic E-state index is 12.7. The van der Waals surface area contributed by atoms with Gasteiger partial charge in [-0.15, -0.1) is 11.8 Å². The lowest BCUT2D eigenvalue weighted by atomic mass is 10.2. The van der Waals surface area contributed by atoms with Gasteiger partial charge >= 0.3 is 0 Å². The van der Waals surface area contributed by atoms with Gasteiger partial charge in [0.2, 0.25) is 15.9 Å². The molecule has 0 saturated heterocycles. The third-order valence-corrected chi connectivity index (χ3v) is 7.89. The lowest BCUT2D eigenvalue weighted by Gasteiger charge is -2.20. The molecule has 0 aromatic heterocycles. The van der Waals surface area contributed by atoms with E-state index >= 15 is 0 Å². The molecule has 30 heavy (non-hydrogen) atoms. The Bertz CT molecular complexity index is 965. The predicted molar refractivity (Wildman–Crippen MR) is 122 cm³/mol. The van der Waals surface area contributed by atoms with Crippen LogP contribution in [0.4, 0.5) is 5.69 Å². The number of nitrogens with one attached hydrogen (secondary N) is 2. The summed E-state index contributed by atoms with van der Waals surface area (Å²) >= 11 is 1.56. The molecule has 2 aromatic rings. The molecule has 162 valence electrons. The van der Waals surface area contributed by atoms with Gasteiger partial charge in [-0.25, -0.2) is 13.1 Å². The highest BCUT2D eigenvalue weighted by Gasteiger charge is 2.22. The van der Waals surface area contributed by atoms with Crippen molar-refractivity contribution in [2.24, 2.45) is 5.92 Å². The molecule has 0 spiro atoms. The minimum Gasteiger partial charge on any atom is -0.325 e. The average molecular weight is 448 g/mol. The maximum absolute atomic E-state index is 12.7. The van der Waals surface area contributed by atoms with Gasteiger partial charge in [-0.2, -0.15) is 0 Å². The first kappa shape index (κ1) is 22.8. The van der Waals surface area contributed by atoms with Gasteiger partial charge in [0, 0.05) is 29.7 Å². The molecule has 0 bridgehead atoms. The zero-order valence-corrected chi connectivity index (χ0v) is 19.1. The normalized spacial score (nSPS) is 16.8. The molecule has 2 aromatic carbocycles. The average Bonchev–Trinajstić information content (AvgIpc) is 2.88. The highest BCUT2D eigenvalue weighted by molar-refractivity contribution is 7.99. The molecule has 0 saturated carbocycles. The van der Waals surface area contributed by atoms with Crippen molar-refractivity contribution in [1.82, 2.24) is 9.62 Å². The Balaban J connectivity index is 1.55. The van der Waals surface area contributed by atoms with Gasteiger partial charge in [0.1, 0.15) is 0 Å². The number of fused-ring (bicyclic) bond motifs is 1. The summed E-state index contributed by atoms with van der Waals surface area (Å²) in [4.78, 5) is 15.4. The van der Waals surface area contributed by atoms with Crippen LogP contribution in [0.5, 0.6) is 0 Å². The Morgan fingerprint density at radius 1 is 1.20 bits per heavy atom. The lowest BCUT2D eigenvalue weighted by Crippen LogP contribution is -2.30. The topological polar surface area (TPSA) is 78.5 Å². The number of carbonyl (C=O) groups is 1. The fraction of sp³-hybridized carbons (Fsp3) is 0.409. The van der Waals surface area contributed by atoms with Crippen molar-refractivity contribution in [3.63, 3.8) is 0 Å². The molecule has 2 N–H and O–H groups in total. The Morgan fingerprint density at radius 2 is 1.97 bits per heavy atom. The highest BCUT2D eigenvalue weighted by Crippen LogP contribution is 2.34. The molecule has 1 heterocycles. The van der Waals surface area contributed by atoms with Gasteiger partial charge in [-0.1, -0.05) is 44.2 Å². The molecule has 1 aliphatic heterocycles. The van der Waals surface area contributed by atoms with Crippen LogP contribution in [-0.4, -0.2) is 44.6 Å². The molecule has 1 aliphatic rings. The SMILES string of the molecule is CCN(CCCNS(=O)(=O)c1ccc2c(c1)NC(=O)[C@@H](C)CS2)Cc1ccccc1. The van der Waals surface area contributed by atoms with Crippen LogP contribution in [0.1, 0.15) is 25.8 Å². The van der Waals surface area contributed by atoms with Gasteiger partial charge < -0.3 is 5.32 Å². The number of amides is 1. The minimum atomic E-state index is -3.63. The van der Waals surface area contributed by atoms with E-state index in [0.717, 1.165) is 31.0 Å². The van der Waals surface area contributed by atoms with Gasteiger partial charge in [0.15, 0.2) is 0 Å². The first-order valence-corrected chi connectivity index (χ1v) is 12.7. The van der Waals surface area contributed by atoms with E-state index < -0.39 is 10.0 Å². The number of nitrogens with zero attached hydrogens (tertiary/aromatic N) is 1. The van der Waals surface area contributed by atoms with Crippen LogP contribution in [-0.2, 0) is 21.4 Å². The van der Waals surface area contributed by atoms with E-state index in [4.69, 9.17) is 0 Å². The van der Waals surface area contributed by atoms with Crippen molar-refractivity contribution >= 4 is 33.4 Å². The predicted octanol–water partition coefficient (Wildman–Crippen LogP) is 3.56. The summed E-state index contributed by atoms with van der Waals surface area (Å²) in [6.07, 6.45) is 0.717. The Kier molecular flexibility index (Phi) is 7.93. The lowest BCUT2D eigenvalue weighted by molar-refractivity contribution is -0.118. The molecular formula is C22H29N3O3S2. The van der Waals surface area contributed by atoms with Crippen LogP contribution in [0, 0.1) is 5.92 Å². The first-order chi connectivity index (χ1) is 14.4. The smallest absolute Gasteiger partial charge is 0.240 e. The van der Waals surface area contributed by atoms with Crippen molar-refractivity contribution in [3.05, 3.63) is 54.1 Å². The van der Waals surface area contributed by atoms with Crippen molar-refractivity contribution < 1.29 is 13.2 Å². The summed E-state index contributed by atoms with van der Waals surface area (Å²) < 4.78 is 28.1. The van der Waals surface area contributed by atoms with E-state index in [9.17, 15) is 13.2 Å². The number of benzene rings is 2. The van der Waals surface area contributed by atoms with E-state index in [1.54, 1.807) is 30.0 Å². The zero-order chi connectivity index (χ0) is 21.6. The van der Waals surface area contributed by atoms with Crippen molar-refractivity contribution in [1.29, 1.82) is 0 Å². The summed E-state index contributed by atoms with van der Waals surface area (Å²) in [5.41, 5.74) is 1.82. The molecule has 3 rings (SSSR count). The van der Waals surface area contributed by atoms with Crippen molar-refractivity contribution in [2.75, 3.05) is 30.7 Å². The number of sulfonamides is 1. The molecular weight excluding hydrogens is 418 g/mol. The fourth-order valence-electron chi connectivity index (χ4n) is 3.23. The van der Waals surface area contributed by atoms with E-state index in [2.05, 4.69) is 34.0 Å². The molecule has 1 atom stereocenters. The molecule has 1 amide bonds. The number of anilines is 1. The summed E-state index contributed by atoms with van der Waals surface area (Å²) in [6, 6.07) is 15.2. The van der Waals surface area contributed by atoms with Crippen LogP contribution in [0.15, 0.2) is 58.3 Å². The second kappa shape index (κ2) is 10.4. The van der Waals surface area contributed by atoms with Gasteiger partial charge in [-0.05, 0) is 43.3 Å². The fourth-order valence-corrected chi connectivity index (χ4v) is 5.34. The summed E-state index contributed by atoms with van der Waals surface area (Å²) in [5.74, 6) is 0.486. The van der Waals surface area contributed by atoms with Crippen LogP contribution in [0.25, 0.3) is 0 Å². The van der Waals surface area contributed by atoms with Gasteiger partial charge in [0.05, 0.1) is 10.6 Å². The van der Waals surface area contributed by atoms with Crippen LogP contribution < -0.4 is 10.0 Å². The van der Waals surface area contributed by atoms with Crippen molar-refractivity contribution in [2.45, 2.75) is 36.6 Å². The van der Waals surface area contributed by atoms with Gasteiger partial charge in [-0.3, -0.25) is 9.69 Å². The molecule has 0 unspecified atom stereocenters. The monoisotopic (exact) mass is 447 g/mol. The summed E-state index contributed by atoms with van der Waals surface area (Å²) in [7, 11) is -3.63. The molecule has 0 fully saturated rings. The van der Waals surface area contributed by atoms with Crippen LogP contribution in [0.3, 0.4) is 0 Å². The molecule has 6 nitrogen and oxygen atoms in total. The first-order valence-electron chi connectivity index (χ1n) is 10.2. The number of hydrogen-bond donors (Lipinski definition) is 2. The van der Waals surface area contributed by atoms with E-state index in [0.29, 0.717) is 18.0 Å². The van der Waals surface area contributed by atoms with Crippen LogP contribution in [0.2, 0.25) is 0 Å². The number of carbonyl (C=O) groups excluding carboxylic acids is 1. The maximum Gasteiger partial charge on any atom is 0.240 e. The Morgan fingerprint density at radius 3 is 2.70 bits per heavy atom. The number of thioether (sulfide) groups is 1. The highest BCUT2D eigenvalue weighted by atomic mass is 32.2. The Labute approximate surface area is 183 Å². The zero-order valence-electron chi connectivity index (χ0n) is 17.4.